The summed E-state index contributed by atoms with van der Waals surface area (Å²) >= 11 is 13.4. The van der Waals surface area contributed by atoms with Crippen molar-refractivity contribution in [2.45, 2.75) is 58.2 Å². The third kappa shape index (κ3) is 3.19. The van der Waals surface area contributed by atoms with E-state index in [9.17, 15) is 0 Å². The van der Waals surface area contributed by atoms with E-state index in [-0.39, 0.29) is 0 Å². The van der Waals surface area contributed by atoms with Crippen LogP contribution in [0.4, 0.5) is 0 Å². The van der Waals surface area contributed by atoms with Crippen molar-refractivity contribution in [2.24, 2.45) is 0 Å². The molecule has 0 N–H and O–H groups in total. The first kappa shape index (κ1) is 20.3. The monoisotopic (exact) mass is 534 g/mol. The van der Waals surface area contributed by atoms with Gasteiger partial charge in [0.25, 0.3) is 0 Å². The first-order chi connectivity index (χ1) is 11.7. The van der Waals surface area contributed by atoms with Gasteiger partial charge in [-0.3, -0.25) is 0 Å². The minimum atomic E-state index is -1.57. The minimum absolute atomic E-state index is 0.755. The first-order valence-electron chi connectivity index (χ1n) is 8.66. The molecule has 0 unspecified atom stereocenters. The van der Waals surface area contributed by atoms with Crippen molar-refractivity contribution in [1.82, 2.24) is 0 Å². The van der Waals surface area contributed by atoms with Crippen molar-refractivity contribution in [1.29, 1.82) is 0 Å². The normalized spacial score (nSPS) is 13.1. The van der Waals surface area contributed by atoms with E-state index < -0.39 is 8.07 Å². The van der Waals surface area contributed by atoms with Gasteiger partial charge in [-0.15, -0.1) is 34.0 Å². The Labute approximate surface area is 180 Å². The molecule has 0 aromatic carbocycles. The largest absolute Gasteiger partial charge is 0.143 e. The number of hydrogen-bond acceptors (Lipinski definition) is 3. The van der Waals surface area contributed by atoms with E-state index >= 15 is 0 Å². The molecule has 0 atom stereocenters. The second-order valence-electron chi connectivity index (χ2n) is 7.54. The zero-order valence-electron chi connectivity index (χ0n) is 15.4. The van der Waals surface area contributed by atoms with E-state index in [0.717, 1.165) is 16.6 Å². The van der Waals surface area contributed by atoms with Crippen LogP contribution >= 0.6 is 65.9 Å². The van der Waals surface area contributed by atoms with Crippen LogP contribution in [-0.4, -0.2) is 8.07 Å². The highest BCUT2D eigenvalue weighted by molar-refractivity contribution is 9.11. The second kappa shape index (κ2) is 7.51. The number of fused-ring (bicyclic) bond motifs is 1. The van der Waals surface area contributed by atoms with Crippen molar-refractivity contribution in [3.63, 3.8) is 0 Å². The van der Waals surface area contributed by atoms with Crippen LogP contribution in [0.3, 0.4) is 0 Å². The Morgan fingerprint density at radius 2 is 1.48 bits per heavy atom. The lowest BCUT2D eigenvalue weighted by molar-refractivity contribution is 0.837. The van der Waals surface area contributed by atoms with Gasteiger partial charge >= 0.3 is 0 Å². The van der Waals surface area contributed by atoms with E-state index in [1.165, 1.54) is 28.1 Å². The fourth-order valence-electron chi connectivity index (χ4n) is 4.53. The summed E-state index contributed by atoms with van der Waals surface area (Å²) in [5.41, 5.74) is 2.26. The molecule has 0 nitrogen and oxygen atoms in total. The van der Waals surface area contributed by atoms with Crippen molar-refractivity contribution in [3.8, 4) is 9.75 Å². The maximum Gasteiger partial charge on any atom is 0.107 e. The van der Waals surface area contributed by atoms with Gasteiger partial charge in [-0.05, 0) is 70.5 Å². The summed E-state index contributed by atoms with van der Waals surface area (Å²) in [4.78, 5) is 2.70. The lowest BCUT2D eigenvalue weighted by Crippen LogP contribution is -2.54. The van der Waals surface area contributed by atoms with Crippen LogP contribution < -0.4 is 4.50 Å². The highest BCUT2D eigenvalue weighted by atomic mass is 79.9. The third-order valence-electron chi connectivity index (χ3n) is 5.42. The molecule has 0 aliphatic carbocycles. The Kier molecular flexibility index (Phi) is 6.09. The van der Waals surface area contributed by atoms with Gasteiger partial charge in [-0.1, -0.05) is 41.5 Å². The zero-order chi connectivity index (χ0) is 18.5. The van der Waals surface area contributed by atoms with Gasteiger partial charge in [0.05, 0.1) is 18.9 Å². The number of rotatable bonds is 5. The van der Waals surface area contributed by atoms with Gasteiger partial charge in [0.15, 0.2) is 0 Å². The van der Waals surface area contributed by atoms with Crippen molar-refractivity contribution in [2.75, 3.05) is 0 Å². The summed E-state index contributed by atoms with van der Waals surface area (Å²) in [5, 5.41) is 2.15. The highest BCUT2D eigenvalue weighted by Crippen LogP contribution is 2.50. The van der Waals surface area contributed by atoms with Gasteiger partial charge in [-0.25, -0.2) is 0 Å². The minimum Gasteiger partial charge on any atom is -0.143 e. The average Bonchev–Trinajstić information content (AvgIpc) is 3.16. The van der Waals surface area contributed by atoms with Crippen LogP contribution in [0.1, 0.15) is 41.5 Å². The SMILES string of the molecule is CC(C)[Si](c1cc2sc(-c3sccc3Br)c(Br)c2s1)(C(C)C)C(C)C. The maximum atomic E-state index is 3.92. The third-order valence-corrected chi connectivity index (χ3v) is 19.1. The highest BCUT2D eigenvalue weighted by Gasteiger charge is 2.45. The molecule has 25 heavy (non-hydrogen) atoms. The van der Waals surface area contributed by atoms with Crippen LogP contribution in [0.2, 0.25) is 16.6 Å². The molecular formula is C19H24Br2S3Si. The fraction of sp³-hybridized carbons (Fsp3) is 0.474. The Bertz CT molecular complexity index is 864. The molecule has 136 valence electrons. The lowest BCUT2D eigenvalue weighted by Gasteiger charge is -2.42. The number of hydrogen-bond donors (Lipinski definition) is 0. The van der Waals surface area contributed by atoms with E-state index in [4.69, 9.17) is 0 Å². The summed E-state index contributed by atoms with van der Waals surface area (Å²) in [6.45, 7) is 14.7. The topological polar surface area (TPSA) is 0 Å². The van der Waals surface area contributed by atoms with E-state index in [0.29, 0.717) is 0 Å². The van der Waals surface area contributed by atoms with E-state index in [1.54, 1.807) is 15.8 Å². The summed E-state index contributed by atoms with van der Waals surface area (Å²) in [6.07, 6.45) is 0. The lowest BCUT2D eigenvalue weighted by atomic mass is 10.4. The van der Waals surface area contributed by atoms with Crippen LogP contribution in [-0.2, 0) is 0 Å². The standard InChI is InChI=1S/C19H24Br2S3Si/c1-10(2)25(11(3)4,12(5)6)15-9-14-18(24-15)16(21)19(23-14)17-13(20)7-8-22-17/h7-12H,1-6H3. The summed E-state index contributed by atoms with van der Waals surface area (Å²) in [6, 6.07) is 4.67. The van der Waals surface area contributed by atoms with Crippen LogP contribution in [0.15, 0.2) is 26.5 Å². The molecule has 0 radical (unpaired) electrons. The van der Waals surface area contributed by atoms with Gasteiger partial charge in [0.1, 0.15) is 8.07 Å². The van der Waals surface area contributed by atoms with Crippen molar-refractivity contribution in [3.05, 3.63) is 26.5 Å². The van der Waals surface area contributed by atoms with Crippen LogP contribution in [0.25, 0.3) is 19.2 Å². The van der Waals surface area contributed by atoms with Gasteiger partial charge in [0.2, 0.25) is 0 Å². The second-order valence-corrected chi connectivity index (χ2v) is 18.4. The molecule has 0 aliphatic heterocycles. The first-order valence-corrected chi connectivity index (χ1v) is 15.0. The molecule has 0 spiro atoms. The molecule has 0 saturated carbocycles. The molecule has 3 aromatic heterocycles. The smallest absolute Gasteiger partial charge is 0.107 e. The fourth-order valence-corrected chi connectivity index (χ4v) is 19.1. The molecule has 3 aromatic rings. The van der Waals surface area contributed by atoms with Crippen LogP contribution in [0, 0.1) is 0 Å². The molecule has 0 saturated heterocycles. The molecule has 0 fully saturated rings. The number of halogens is 2. The Morgan fingerprint density at radius 1 is 0.880 bits per heavy atom. The van der Waals surface area contributed by atoms with E-state index in [2.05, 4.69) is 102 Å². The van der Waals surface area contributed by atoms with Crippen molar-refractivity contribution >= 4 is 87.8 Å². The number of thiophene rings is 3. The Hall–Kier alpha value is 0.537. The van der Waals surface area contributed by atoms with E-state index in [1.807, 2.05) is 11.3 Å². The van der Waals surface area contributed by atoms with Crippen molar-refractivity contribution < 1.29 is 0 Å². The molecule has 3 heterocycles. The summed E-state index contributed by atoms with van der Waals surface area (Å²) < 4.78 is 7.05. The molecule has 3 rings (SSSR count). The van der Waals surface area contributed by atoms with Crippen LogP contribution in [0.5, 0.6) is 0 Å². The maximum absolute atomic E-state index is 3.92. The van der Waals surface area contributed by atoms with Gasteiger partial charge in [0, 0.05) is 9.17 Å². The van der Waals surface area contributed by atoms with Gasteiger partial charge < -0.3 is 0 Å². The van der Waals surface area contributed by atoms with Gasteiger partial charge in [-0.2, -0.15) is 0 Å². The predicted molar refractivity (Wildman–Crippen MR) is 129 cm³/mol. The molecule has 0 bridgehead atoms. The molecule has 0 aliphatic rings. The molecule has 6 heteroatoms. The predicted octanol–water partition coefficient (Wildman–Crippen LogP) is 9.10. The summed E-state index contributed by atoms with van der Waals surface area (Å²) in [7, 11) is -1.57. The quantitative estimate of drug-likeness (QED) is 0.285. The Morgan fingerprint density at radius 3 is 1.92 bits per heavy atom. The summed E-state index contributed by atoms with van der Waals surface area (Å²) in [5.74, 6) is 0. The zero-order valence-corrected chi connectivity index (χ0v) is 22.1. The Balaban J connectivity index is 2.18. The average molecular weight is 536 g/mol. The molecular weight excluding hydrogens is 512 g/mol. The molecule has 0 amide bonds.